The number of ketones is 1. The van der Waals surface area contributed by atoms with Crippen molar-refractivity contribution in [2.45, 2.75) is 156 Å². The topological polar surface area (TPSA) is 562 Å². The highest BCUT2D eigenvalue weighted by Crippen LogP contribution is 2.71. The van der Waals surface area contributed by atoms with Gasteiger partial charge in [-0.1, -0.05) is 37.8 Å². The number of phosphoric acid groups is 4. The maximum absolute atomic E-state index is 12.9. The molecule has 87 heavy (non-hydrogen) atoms. The molecule has 3 aromatic rings. The van der Waals surface area contributed by atoms with Gasteiger partial charge in [0, 0.05) is 61.5 Å². The van der Waals surface area contributed by atoms with Gasteiger partial charge in [0.1, 0.15) is 48.2 Å². The molecule has 0 aromatic carbocycles. The standard InChI is InChI=1S/C45H70N12O25P4S/c46-38-24(11-10-18-49-30(59)15-6-2-1-4-12-25(58)13-5-3-9-17-48-31(60)16-8-7-14-29-32-26(22-87-29)51-44(66)52-32)19-56(45(67)53-38)41-36(63)34(61)27(78-41)20-76-83(68,69)80-85(72,73)82-86(74,75)81-84(70,71)77-21-28-35(62)37(64)42(79-28)57-23-50-33-39(57)54-43(47)55-40(33)65/h10-11,19,23,26-29,32,34-37,41-42,61-64H,1-9,12-18,20-22H2,(H,48,60)(H,49,59)(H,68,69)(H,70,71)(H,72,73)(H,74,75)(H2,46,53,67)(H2,51,52,66)(H3,47,54,55,65)/b11-10+/t26-,27-,28-,29-,32-,34?,35?,36+,37?,41-,42-/m1/s1. The first-order chi connectivity index (χ1) is 41.0. The minimum atomic E-state index is -6.33. The molecule has 0 spiro atoms. The number of hydrogen-bond acceptors (Lipinski definition) is 27. The first-order valence-corrected chi connectivity index (χ1v) is 34.3. The Balaban J connectivity index is 0.744. The van der Waals surface area contributed by atoms with E-state index in [1.807, 2.05) is 11.8 Å². The number of nitrogens with two attached hydrogens (primary N) is 2. The van der Waals surface area contributed by atoms with Crippen LogP contribution in [-0.2, 0) is 64.1 Å². The van der Waals surface area contributed by atoms with Gasteiger partial charge in [-0.15, -0.1) is 0 Å². The van der Waals surface area contributed by atoms with E-state index in [9.17, 15) is 87.0 Å². The van der Waals surface area contributed by atoms with Gasteiger partial charge >= 0.3 is 43.0 Å². The van der Waals surface area contributed by atoms with E-state index in [2.05, 4.69) is 63.2 Å². The second-order valence-corrected chi connectivity index (χ2v) is 28.0. The molecule has 42 heteroatoms. The fourth-order valence-electron chi connectivity index (χ4n) is 9.68. The number of aromatic nitrogens is 6. The minimum absolute atomic E-state index is 0.0140. The molecule has 4 aliphatic heterocycles. The zero-order valence-electron chi connectivity index (χ0n) is 46.2. The number of Topliss-reactive ketones (excluding diaryl/α,β-unsaturated/α-hetero) is 1. The van der Waals surface area contributed by atoms with Crippen molar-refractivity contribution in [3.63, 3.8) is 0 Å². The highest BCUT2D eigenvalue weighted by Gasteiger charge is 2.50. The summed E-state index contributed by atoms with van der Waals surface area (Å²) in [4.78, 5) is 127. The van der Waals surface area contributed by atoms with Crippen LogP contribution in [-0.4, -0.2) is 179 Å². The van der Waals surface area contributed by atoms with Crippen LogP contribution in [0.3, 0.4) is 0 Å². The van der Waals surface area contributed by atoms with Crippen LogP contribution in [0, 0.1) is 0 Å². The summed E-state index contributed by atoms with van der Waals surface area (Å²) in [5.74, 6) is 0.187. The third-order valence-electron chi connectivity index (χ3n) is 14.0. The van der Waals surface area contributed by atoms with E-state index >= 15 is 0 Å². The van der Waals surface area contributed by atoms with Crippen molar-refractivity contribution in [3.05, 3.63) is 45.0 Å². The number of anilines is 2. The average molecular weight is 1340 g/mol. The van der Waals surface area contributed by atoms with E-state index in [1.165, 1.54) is 12.2 Å². The predicted octanol–water partition coefficient (Wildman–Crippen LogP) is -0.295. The number of nitrogens with zero attached hydrogens (tertiary/aromatic N) is 5. The summed E-state index contributed by atoms with van der Waals surface area (Å²) in [5.41, 5.74) is 9.22. The fraction of sp³-hybridized carbons (Fsp3) is 0.667. The summed E-state index contributed by atoms with van der Waals surface area (Å²) in [6, 6.07) is 0.247. The second-order valence-electron chi connectivity index (χ2n) is 20.5. The van der Waals surface area contributed by atoms with E-state index < -0.39 is 105 Å². The van der Waals surface area contributed by atoms with E-state index in [-0.39, 0.29) is 77.2 Å². The number of aliphatic hydroxyl groups excluding tert-OH is 4. The van der Waals surface area contributed by atoms with Crippen molar-refractivity contribution >= 4 is 95.7 Å². The molecule has 15 atom stereocenters. The molecule has 0 radical (unpaired) electrons. The zero-order valence-corrected chi connectivity index (χ0v) is 50.6. The maximum atomic E-state index is 12.9. The molecule has 486 valence electrons. The van der Waals surface area contributed by atoms with Crippen molar-refractivity contribution < 1.29 is 109 Å². The van der Waals surface area contributed by atoms with Crippen LogP contribution in [0.2, 0.25) is 0 Å². The Morgan fingerprint density at radius 3 is 1.89 bits per heavy atom. The normalized spacial score (nSPS) is 27.3. The van der Waals surface area contributed by atoms with Crippen LogP contribution in [0.1, 0.15) is 108 Å². The third-order valence-corrected chi connectivity index (χ3v) is 21.4. The molecule has 3 aromatic heterocycles. The van der Waals surface area contributed by atoms with Gasteiger partial charge in [-0.3, -0.25) is 42.3 Å². The number of nitrogens with one attached hydrogen (secondary N) is 5. The van der Waals surface area contributed by atoms with Gasteiger partial charge in [0.15, 0.2) is 23.6 Å². The fourth-order valence-corrected chi connectivity index (χ4v) is 16.2. The minimum Gasteiger partial charge on any atom is -0.387 e. The molecular formula is C45H70N12O25P4S. The summed E-state index contributed by atoms with van der Waals surface area (Å²) >= 11 is 1.86. The number of hydrogen-bond donors (Lipinski definition) is 15. The van der Waals surface area contributed by atoms with E-state index in [0.717, 1.165) is 74.2 Å². The smallest absolute Gasteiger partial charge is 0.387 e. The number of phosphoric ester groups is 2. The molecule has 4 saturated heterocycles. The summed E-state index contributed by atoms with van der Waals surface area (Å²) < 4.78 is 83.8. The molecule has 7 rings (SSSR count). The number of rotatable bonds is 35. The predicted molar refractivity (Wildman–Crippen MR) is 302 cm³/mol. The molecule has 0 bridgehead atoms. The number of fused-ring (bicyclic) bond motifs is 2. The highest BCUT2D eigenvalue weighted by atomic mass is 32.2. The lowest BCUT2D eigenvalue weighted by Crippen LogP contribution is -2.36. The van der Waals surface area contributed by atoms with Crippen molar-refractivity contribution in [2.24, 2.45) is 0 Å². The molecule has 7 heterocycles. The monoisotopic (exact) mass is 1330 g/mol. The maximum Gasteiger partial charge on any atom is 0.490 e. The van der Waals surface area contributed by atoms with Crippen molar-refractivity contribution in [3.8, 4) is 0 Å². The van der Waals surface area contributed by atoms with Crippen molar-refractivity contribution in [1.82, 2.24) is 50.3 Å². The van der Waals surface area contributed by atoms with Crippen molar-refractivity contribution in [2.75, 3.05) is 43.5 Å². The van der Waals surface area contributed by atoms with Gasteiger partial charge in [0.25, 0.3) is 5.56 Å². The zero-order chi connectivity index (χ0) is 63.4. The average Bonchev–Trinajstić information content (AvgIpc) is 2.16. The number of imidazole rings is 1. The van der Waals surface area contributed by atoms with Gasteiger partial charge in [0.2, 0.25) is 17.8 Å². The number of carbonyl (C=O) groups excluding carboxylic acids is 4. The molecule has 4 aliphatic rings. The van der Waals surface area contributed by atoms with Crippen LogP contribution in [0.5, 0.6) is 0 Å². The van der Waals surface area contributed by atoms with Gasteiger partial charge < -0.3 is 82.2 Å². The Morgan fingerprint density at radius 2 is 1.26 bits per heavy atom. The SMILES string of the molecule is Nc1nc2c(ncn2[C@@H]2O[C@H](COP(=O)(O)OP(=O)(O)OP(=O)(O)OP(=O)(O)OC[C@H]3O[C@@H](n4cc(/C=C/CNC(=O)CCCCCCC(=O)CCCCCNC(=O)CCCC[C@H]5SC[C@H]6NC(=O)N[C@H]65)c(N)nc4=O)[C@@H](O)C3O)C(O)C2O)c(=O)[nH]1. The second kappa shape index (κ2) is 30.8. The number of urea groups is 1. The Bertz CT molecular complexity index is 3290. The number of unbranched alkanes of at least 4 members (excludes halogenated alkanes) is 6. The van der Waals surface area contributed by atoms with Gasteiger partial charge in [0.05, 0.1) is 31.6 Å². The summed E-state index contributed by atoms with van der Waals surface area (Å²) in [7, 11) is -24.5. The lowest BCUT2D eigenvalue weighted by atomic mass is 10.0. The Kier molecular flexibility index (Phi) is 24.6. The van der Waals surface area contributed by atoms with E-state index in [1.54, 1.807) is 0 Å². The Labute approximate surface area is 498 Å². The molecule has 7 unspecified atom stereocenters. The Hall–Kier alpha value is -4.88. The summed E-state index contributed by atoms with van der Waals surface area (Å²) in [5, 5.41) is 54.5. The first-order valence-electron chi connectivity index (χ1n) is 27.3. The molecule has 0 aliphatic carbocycles. The van der Waals surface area contributed by atoms with Crippen LogP contribution < -0.4 is 44.0 Å². The highest BCUT2D eigenvalue weighted by molar-refractivity contribution is 8.00. The number of amides is 4. The number of thioether (sulfide) groups is 1. The molecule has 17 N–H and O–H groups in total. The lowest BCUT2D eigenvalue weighted by Gasteiger charge is -2.21. The number of ether oxygens (including phenoxy) is 2. The van der Waals surface area contributed by atoms with Gasteiger partial charge in [-0.25, -0.2) is 32.8 Å². The largest absolute Gasteiger partial charge is 0.490 e. The van der Waals surface area contributed by atoms with E-state index in [4.69, 9.17) is 20.9 Å². The van der Waals surface area contributed by atoms with Crippen molar-refractivity contribution in [1.29, 1.82) is 0 Å². The van der Waals surface area contributed by atoms with Crippen LogP contribution in [0.25, 0.3) is 17.2 Å². The number of H-pyrrole nitrogens is 1. The number of aliphatic hydroxyl groups is 4. The van der Waals surface area contributed by atoms with Crippen LogP contribution in [0.15, 0.2) is 28.2 Å². The number of aromatic amines is 1. The number of carbonyl (C=O) groups is 4. The van der Waals surface area contributed by atoms with Gasteiger partial charge in [-0.05, 0) is 38.5 Å². The Morgan fingerprint density at radius 1 is 0.713 bits per heavy atom. The molecular weight excluding hydrogens is 1260 g/mol. The molecule has 4 amide bonds. The van der Waals surface area contributed by atoms with Crippen LogP contribution in [0.4, 0.5) is 16.6 Å². The lowest BCUT2D eigenvalue weighted by molar-refractivity contribution is -0.121. The summed E-state index contributed by atoms with van der Waals surface area (Å²) in [6.45, 7) is -1.89. The van der Waals surface area contributed by atoms with E-state index in [0.29, 0.717) is 48.5 Å². The molecule has 4 fully saturated rings. The third kappa shape index (κ3) is 20.1. The summed E-state index contributed by atoms with van der Waals surface area (Å²) in [6.07, 6.45) is -0.352. The first kappa shape index (κ1) is 69.6. The quantitative estimate of drug-likeness (QED) is 0.0204. The number of nitrogen functional groups attached to an aromatic ring is 2. The van der Waals surface area contributed by atoms with Crippen LogP contribution >= 0.6 is 43.1 Å². The molecule has 0 saturated carbocycles. The van der Waals surface area contributed by atoms with Gasteiger partial charge in [-0.2, -0.15) is 34.7 Å². The molecule has 37 nitrogen and oxygen atoms in total.